The maximum atomic E-state index is 13.4. The van der Waals surface area contributed by atoms with Crippen LogP contribution in [0.4, 0.5) is 5.82 Å². The predicted molar refractivity (Wildman–Crippen MR) is 131 cm³/mol. The molecule has 0 radical (unpaired) electrons. The van der Waals surface area contributed by atoms with Gasteiger partial charge in [-0.05, 0) is 56.2 Å². The van der Waals surface area contributed by atoms with Crippen molar-refractivity contribution in [3.63, 3.8) is 0 Å². The van der Waals surface area contributed by atoms with Crippen molar-refractivity contribution in [1.82, 2.24) is 14.3 Å². The van der Waals surface area contributed by atoms with Crippen LogP contribution in [0.1, 0.15) is 43.7 Å². The van der Waals surface area contributed by atoms with Gasteiger partial charge in [-0.2, -0.15) is 0 Å². The van der Waals surface area contributed by atoms with Crippen LogP contribution in [0.3, 0.4) is 0 Å². The van der Waals surface area contributed by atoms with E-state index in [1.54, 1.807) is 22.7 Å². The number of amides is 1. The molecule has 1 saturated carbocycles. The van der Waals surface area contributed by atoms with Crippen molar-refractivity contribution < 1.29 is 4.79 Å². The molecule has 1 aliphatic heterocycles. The van der Waals surface area contributed by atoms with Crippen LogP contribution in [0.2, 0.25) is 0 Å². The van der Waals surface area contributed by atoms with Crippen LogP contribution < -0.4 is 10.9 Å². The molecular weight excluding hydrogens is 428 g/mol. The Bertz CT molecular complexity index is 1150. The van der Waals surface area contributed by atoms with Crippen LogP contribution in [0.15, 0.2) is 40.7 Å². The highest BCUT2D eigenvalue weighted by molar-refractivity contribution is 8.26. The number of nitrogens with one attached hydrogen (secondary N) is 1. The van der Waals surface area contributed by atoms with Gasteiger partial charge < -0.3 is 5.32 Å². The lowest BCUT2D eigenvalue weighted by Gasteiger charge is -2.28. The number of nitrogens with zero attached hydrogens (tertiary/aromatic N) is 3. The lowest BCUT2D eigenvalue weighted by atomic mass is 9.87. The van der Waals surface area contributed by atoms with Gasteiger partial charge in [-0.25, -0.2) is 4.98 Å². The van der Waals surface area contributed by atoms with Crippen molar-refractivity contribution in [3.8, 4) is 0 Å². The Kier molecular flexibility index (Phi) is 6.29. The summed E-state index contributed by atoms with van der Waals surface area (Å²) >= 11 is 6.55. The fraction of sp³-hybridized carbons (Fsp3) is 0.391. The van der Waals surface area contributed by atoms with E-state index in [-0.39, 0.29) is 17.5 Å². The van der Waals surface area contributed by atoms with E-state index in [9.17, 15) is 9.59 Å². The summed E-state index contributed by atoms with van der Waals surface area (Å²) in [6.07, 6.45) is 9.37. The van der Waals surface area contributed by atoms with E-state index in [1.165, 1.54) is 16.7 Å². The first-order valence-corrected chi connectivity index (χ1v) is 11.8. The lowest BCUT2D eigenvalue weighted by Crippen LogP contribution is -2.29. The third kappa shape index (κ3) is 4.32. The summed E-state index contributed by atoms with van der Waals surface area (Å²) in [5, 5.41) is 3.51. The van der Waals surface area contributed by atoms with Gasteiger partial charge in [0, 0.05) is 18.8 Å². The van der Waals surface area contributed by atoms with Gasteiger partial charge >= 0.3 is 0 Å². The number of rotatable bonds is 5. The first kappa shape index (κ1) is 21.8. The van der Waals surface area contributed by atoms with Crippen LogP contribution in [0.5, 0.6) is 0 Å². The van der Waals surface area contributed by atoms with E-state index in [2.05, 4.69) is 18.8 Å². The summed E-state index contributed by atoms with van der Waals surface area (Å²) in [6, 6.07) is 4.03. The number of thioether (sulfide) groups is 1. The van der Waals surface area contributed by atoms with Crippen molar-refractivity contribution in [2.75, 3.05) is 11.9 Å². The van der Waals surface area contributed by atoms with Crippen molar-refractivity contribution in [2.45, 2.75) is 45.6 Å². The van der Waals surface area contributed by atoms with Gasteiger partial charge in [0.25, 0.3) is 11.5 Å². The highest BCUT2D eigenvalue weighted by Gasteiger charge is 2.32. The minimum Gasteiger partial charge on any atom is -0.367 e. The van der Waals surface area contributed by atoms with Crippen molar-refractivity contribution in [3.05, 3.63) is 57.4 Å². The third-order valence-electron chi connectivity index (χ3n) is 5.90. The monoisotopic (exact) mass is 454 g/mol. The van der Waals surface area contributed by atoms with Gasteiger partial charge in [0.1, 0.15) is 15.8 Å². The normalized spacial score (nSPS) is 23.0. The Labute approximate surface area is 191 Å². The summed E-state index contributed by atoms with van der Waals surface area (Å²) in [7, 11) is 0. The number of hydrogen-bond acceptors (Lipinski definition) is 6. The highest BCUT2D eigenvalue weighted by Crippen LogP contribution is 2.33. The number of thiocarbonyl (C=S) groups is 1. The van der Waals surface area contributed by atoms with Crippen LogP contribution in [0.25, 0.3) is 11.7 Å². The van der Waals surface area contributed by atoms with E-state index in [1.807, 2.05) is 19.1 Å². The molecule has 1 amide bonds. The summed E-state index contributed by atoms with van der Waals surface area (Å²) in [6.45, 7) is 8.25. The molecule has 1 aliphatic carbocycles. The zero-order valence-corrected chi connectivity index (χ0v) is 19.4. The smallest absolute Gasteiger partial charge is 0.267 e. The van der Waals surface area contributed by atoms with Crippen molar-refractivity contribution in [1.29, 1.82) is 0 Å². The second kappa shape index (κ2) is 8.96. The molecule has 162 valence electrons. The molecule has 2 aliphatic rings. The van der Waals surface area contributed by atoms with Gasteiger partial charge in [-0.1, -0.05) is 43.0 Å². The second-order valence-electron chi connectivity index (χ2n) is 8.25. The van der Waals surface area contributed by atoms with Crippen molar-refractivity contribution in [2.24, 2.45) is 5.92 Å². The minimum absolute atomic E-state index is 0.200. The number of carbonyl (C=O) groups is 1. The maximum absolute atomic E-state index is 13.4. The number of hydrogen-bond donors (Lipinski definition) is 1. The summed E-state index contributed by atoms with van der Waals surface area (Å²) < 4.78 is 2.01. The molecule has 8 heteroatoms. The van der Waals surface area contributed by atoms with Gasteiger partial charge in [0.2, 0.25) is 0 Å². The van der Waals surface area contributed by atoms with Gasteiger partial charge in [0.05, 0.1) is 10.5 Å². The number of aromatic nitrogens is 2. The molecule has 2 fully saturated rings. The van der Waals surface area contributed by atoms with E-state index in [4.69, 9.17) is 17.2 Å². The minimum atomic E-state index is -0.207. The Morgan fingerprint density at radius 1 is 1.32 bits per heavy atom. The second-order valence-corrected chi connectivity index (χ2v) is 9.92. The van der Waals surface area contributed by atoms with E-state index in [0.29, 0.717) is 32.8 Å². The standard InChI is InChI=1S/C23H26N4O2S2/c1-4-11-27-22(29)18(31-23(27)30)13-17-19(24-16-9-7-14(2)8-10-16)25-20-15(3)6-5-12-26(20)21(17)28/h4-6,12-14,16,24H,1,7-11H2,2-3H3/b18-13+. The molecule has 6 nitrogen and oxygen atoms in total. The summed E-state index contributed by atoms with van der Waals surface area (Å²) in [5.74, 6) is 1.05. The third-order valence-corrected chi connectivity index (χ3v) is 7.28. The van der Waals surface area contributed by atoms with E-state index >= 15 is 0 Å². The van der Waals surface area contributed by atoms with Gasteiger partial charge in [-0.15, -0.1) is 6.58 Å². The largest absolute Gasteiger partial charge is 0.367 e. The van der Waals surface area contributed by atoms with Gasteiger partial charge in [-0.3, -0.25) is 18.9 Å². The maximum Gasteiger partial charge on any atom is 0.267 e. The molecule has 0 bridgehead atoms. The molecule has 1 saturated heterocycles. The summed E-state index contributed by atoms with van der Waals surface area (Å²) in [5.41, 5.74) is 1.73. The fourth-order valence-electron chi connectivity index (χ4n) is 4.07. The van der Waals surface area contributed by atoms with E-state index < -0.39 is 0 Å². The first-order chi connectivity index (χ1) is 14.9. The van der Waals surface area contributed by atoms with Gasteiger partial charge in [0.15, 0.2) is 0 Å². The molecule has 2 aromatic rings. The molecule has 2 aromatic heterocycles. The molecule has 0 aromatic carbocycles. The predicted octanol–water partition coefficient (Wildman–Crippen LogP) is 4.38. The molecule has 0 unspecified atom stereocenters. The van der Waals surface area contributed by atoms with Crippen LogP contribution in [0, 0.1) is 12.8 Å². The number of fused-ring (bicyclic) bond motifs is 1. The number of carbonyl (C=O) groups excluding carboxylic acids is 1. The fourth-order valence-corrected chi connectivity index (χ4v) is 5.32. The zero-order chi connectivity index (χ0) is 22.1. The number of anilines is 1. The van der Waals surface area contributed by atoms with E-state index in [0.717, 1.165) is 37.2 Å². The molecule has 0 atom stereocenters. The van der Waals surface area contributed by atoms with Crippen LogP contribution in [-0.4, -0.2) is 37.1 Å². The quantitative estimate of drug-likeness (QED) is 0.411. The first-order valence-electron chi connectivity index (χ1n) is 10.5. The lowest BCUT2D eigenvalue weighted by molar-refractivity contribution is -0.121. The Balaban J connectivity index is 1.80. The zero-order valence-electron chi connectivity index (χ0n) is 17.8. The average Bonchev–Trinajstić information content (AvgIpc) is 3.01. The highest BCUT2D eigenvalue weighted by atomic mass is 32.2. The number of pyridine rings is 1. The Morgan fingerprint density at radius 3 is 2.77 bits per heavy atom. The molecule has 31 heavy (non-hydrogen) atoms. The number of aryl methyl sites for hydroxylation is 1. The molecule has 4 rings (SSSR count). The Morgan fingerprint density at radius 2 is 2.06 bits per heavy atom. The molecular formula is C23H26N4O2S2. The van der Waals surface area contributed by atoms with Crippen LogP contribution >= 0.6 is 24.0 Å². The SMILES string of the molecule is C=CCN1C(=O)/C(=C\c2c(NC3CCC(C)CC3)nc3c(C)cccn3c2=O)SC1=S. The molecule has 1 N–H and O–H groups in total. The molecule has 3 heterocycles. The summed E-state index contributed by atoms with van der Waals surface area (Å²) in [4.78, 5) is 33.0. The Hall–Kier alpha value is -2.45. The van der Waals surface area contributed by atoms with Crippen LogP contribution in [-0.2, 0) is 4.79 Å². The van der Waals surface area contributed by atoms with Crippen molar-refractivity contribution >= 4 is 51.7 Å². The average molecular weight is 455 g/mol. The topological polar surface area (TPSA) is 66.7 Å². The molecule has 0 spiro atoms.